The van der Waals surface area contributed by atoms with Gasteiger partial charge in [0.1, 0.15) is 5.54 Å². The molecule has 1 aliphatic rings. The average molecular weight is 441 g/mol. The van der Waals surface area contributed by atoms with Gasteiger partial charge in [0.15, 0.2) is 0 Å². The molecule has 0 amide bonds. The molecule has 2 rings (SSSR count). The molecule has 0 bridgehead atoms. The monoisotopic (exact) mass is 439 g/mol. The van der Waals surface area contributed by atoms with E-state index in [1.807, 2.05) is 0 Å². The summed E-state index contributed by atoms with van der Waals surface area (Å²) in [6.45, 7) is 1.93. The fourth-order valence-corrected chi connectivity index (χ4v) is 6.04. The summed E-state index contributed by atoms with van der Waals surface area (Å²) in [5, 5.41) is 9.54. The molecule has 8 heteroatoms. The van der Waals surface area contributed by atoms with Gasteiger partial charge in [0.25, 0.3) is 0 Å². The Labute approximate surface area is 140 Å². The number of halogens is 2. The molecule has 21 heavy (non-hydrogen) atoms. The zero-order valence-electron chi connectivity index (χ0n) is 11.3. The Morgan fingerprint density at radius 1 is 1.43 bits per heavy atom. The summed E-state index contributed by atoms with van der Waals surface area (Å²) in [5.74, 6) is -1.09. The van der Waals surface area contributed by atoms with Crippen molar-refractivity contribution in [2.45, 2.75) is 36.6 Å². The second-order valence-electron chi connectivity index (χ2n) is 4.95. The van der Waals surface area contributed by atoms with Crippen molar-refractivity contribution in [2.24, 2.45) is 0 Å². The lowest BCUT2D eigenvalue weighted by Crippen LogP contribution is -2.52. The van der Waals surface area contributed by atoms with Gasteiger partial charge in [0.05, 0.1) is 4.90 Å². The maximum atomic E-state index is 12.9. The van der Waals surface area contributed by atoms with E-state index in [2.05, 4.69) is 31.9 Å². The second-order valence-corrected chi connectivity index (χ2v) is 8.55. The van der Waals surface area contributed by atoms with Crippen LogP contribution in [0.2, 0.25) is 0 Å². The molecule has 0 saturated carbocycles. The number of nitrogens with zero attached hydrogens (tertiary/aromatic N) is 1. The number of benzene rings is 1. The van der Waals surface area contributed by atoms with E-state index in [-0.39, 0.29) is 17.9 Å². The summed E-state index contributed by atoms with van der Waals surface area (Å²) in [6.07, 6.45) is 1.13. The van der Waals surface area contributed by atoms with E-state index in [9.17, 15) is 18.3 Å². The molecule has 5 nitrogen and oxygen atoms in total. The molecule has 116 valence electrons. The predicted molar refractivity (Wildman–Crippen MR) is 85.6 cm³/mol. The van der Waals surface area contributed by atoms with Crippen LogP contribution in [0.5, 0.6) is 0 Å². The Bertz CT molecular complexity index is 677. The van der Waals surface area contributed by atoms with Gasteiger partial charge in [0.2, 0.25) is 10.0 Å². The molecule has 0 spiro atoms. The van der Waals surface area contributed by atoms with E-state index in [0.717, 1.165) is 4.31 Å². The van der Waals surface area contributed by atoms with Gasteiger partial charge in [-0.15, -0.1) is 0 Å². The zero-order chi connectivity index (χ0) is 15.8. The number of carboxylic acids is 1. The third-order valence-electron chi connectivity index (χ3n) is 3.87. The Morgan fingerprint density at radius 3 is 2.67 bits per heavy atom. The predicted octanol–water partition coefficient (Wildman–Crippen LogP) is 3.23. The SMILES string of the molecule is CCC1(C(=O)O)CCCN1S(=O)(=O)c1cc(Br)ccc1Br. The molecule has 1 heterocycles. The highest BCUT2D eigenvalue weighted by atomic mass is 79.9. The Morgan fingerprint density at radius 2 is 2.10 bits per heavy atom. The highest BCUT2D eigenvalue weighted by Crippen LogP contribution is 2.39. The molecule has 0 aliphatic carbocycles. The van der Waals surface area contributed by atoms with Gasteiger partial charge in [-0.1, -0.05) is 22.9 Å². The van der Waals surface area contributed by atoms with Crippen molar-refractivity contribution in [1.82, 2.24) is 4.31 Å². The normalized spacial score (nSPS) is 23.4. The van der Waals surface area contributed by atoms with E-state index in [1.54, 1.807) is 19.1 Å². The number of rotatable bonds is 4. The van der Waals surface area contributed by atoms with E-state index in [4.69, 9.17) is 0 Å². The number of sulfonamides is 1. The zero-order valence-corrected chi connectivity index (χ0v) is 15.3. The van der Waals surface area contributed by atoms with Crippen LogP contribution >= 0.6 is 31.9 Å². The molecule has 1 atom stereocenters. The highest BCUT2D eigenvalue weighted by molar-refractivity contribution is 9.11. The molecule has 1 aromatic rings. The minimum atomic E-state index is -3.88. The summed E-state index contributed by atoms with van der Waals surface area (Å²) < 4.78 is 28.0. The van der Waals surface area contributed by atoms with Crippen molar-refractivity contribution in [1.29, 1.82) is 0 Å². The van der Waals surface area contributed by atoms with Crippen LogP contribution in [-0.2, 0) is 14.8 Å². The standard InChI is InChI=1S/C13H15Br2NO4S/c1-2-13(12(17)18)6-3-7-16(13)21(19,20)11-8-9(14)4-5-10(11)15/h4-5,8H,2-3,6-7H2,1H3,(H,17,18). The molecule has 1 N–H and O–H groups in total. The van der Waals surface area contributed by atoms with Gasteiger partial charge < -0.3 is 5.11 Å². The van der Waals surface area contributed by atoms with Crippen LogP contribution in [-0.4, -0.2) is 35.9 Å². The van der Waals surface area contributed by atoms with Gasteiger partial charge in [-0.25, -0.2) is 8.42 Å². The van der Waals surface area contributed by atoms with Crippen LogP contribution in [0.15, 0.2) is 32.0 Å². The number of carboxylic acid groups (broad SMARTS) is 1. The largest absolute Gasteiger partial charge is 0.480 e. The summed E-state index contributed by atoms with van der Waals surface area (Å²) in [6, 6.07) is 4.83. The lowest BCUT2D eigenvalue weighted by Gasteiger charge is -2.33. The molecule has 1 fully saturated rings. The van der Waals surface area contributed by atoms with Crippen molar-refractivity contribution < 1.29 is 18.3 Å². The fraction of sp³-hybridized carbons (Fsp3) is 0.462. The molecule has 1 aromatic carbocycles. The average Bonchev–Trinajstić information content (AvgIpc) is 2.87. The van der Waals surface area contributed by atoms with Gasteiger partial charge in [0, 0.05) is 15.5 Å². The Kier molecular flexibility index (Phi) is 4.82. The lowest BCUT2D eigenvalue weighted by molar-refractivity contribution is -0.147. The van der Waals surface area contributed by atoms with Gasteiger partial charge in [-0.2, -0.15) is 4.31 Å². The van der Waals surface area contributed by atoms with Crippen molar-refractivity contribution >= 4 is 47.9 Å². The van der Waals surface area contributed by atoms with Crippen LogP contribution in [0.25, 0.3) is 0 Å². The summed E-state index contributed by atoms with van der Waals surface area (Å²) in [5.41, 5.74) is -1.35. The van der Waals surface area contributed by atoms with Crippen LogP contribution < -0.4 is 0 Å². The Hall–Kier alpha value is -0.440. The molecule has 1 saturated heterocycles. The minimum Gasteiger partial charge on any atom is -0.480 e. The lowest BCUT2D eigenvalue weighted by atomic mass is 9.95. The highest BCUT2D eigenvalue weighted by Gasteiger charge is 2.52. The van der Waals surface area contributed by atoms with E-state index in [0.29, 0.717) is 21.8 Å². The number of carbonyl (C=O) groups is 1. The van der Waals surface area contributed by atoms with Crippen molar-refractivity contribution in [2.75, 3.05) is 6.54 Å². The molecule has 0 radical (unpaired) electrons. The van der Waals surface area contributed by atoms with Gasteiger partial charge in [-0.05, 0) is 53.4 Å². The van der Waals surface area contributed by atoms with Crippen LogP contribution in [0.1, 0.15) is 26.2 Å². The number of hydrogen-bond donors (Lipinski definition) is 1. The molecular weight excluding hydrogens is 426 g/mol. The van der Waals surface area contributed by atoms with Crippen LogP contribution in [0.3, 0.4) is 0 Å². The van der Waals surface area contributed by atoms with E-state index < -0.39 is 21.5 Å². The topological polar surface area (TPSA) is 74.7 Å². The van der Waals surface area contributed by atoms with Crippen LogP contribution in [0.4, 0.5) is 0 Å². The van der Waals surface area contributed by atoms with E-state index in [1.165, 1.54) is 6.07 Å². The third kappa shape index (κ3) is 2.78. The third-order valence-corrected chi connectivity index (χ3v) is 7.33. The maximum Gasteiger partial charge on any atom is 0.325 e. The van der Waals surface area contributed by atoms with Crippen LogP contribution in [0, 0.1) is 0 Å². The quantitative estimate of drug-likeness (QED) is 0.779. The molecule has 0 aromatic heterocycles. The first-order valence-corrected chi connectivity index (χ1v) is 9.49. The van der Waals surface area contributed by atoms with Crippen molar-refractivity contribution in [3.63, 3.8) is 0 Å². The smallest absolute Gasteiger partial charge is 0.325 e. The Balaban J connectivity index is 2.58. The molecule has 1 aliphatic heterocycles. The number of aliphatic carboxylic acids is 1. The first-order valence-electron chi connectivity index (χ1n) is 6.47. The van der Waals surface area contributed by atoms with Crippen molar-refractivity contribution in [3.05, 3.63) is 27.1 Å². The first-order chi connectivity index (χ1) is 9.75. The second kappa shape index (κ2) is 5.98. The molecular formula is C13H15Br2NO4S. The minimum absolute atomic E-state index is 0.0813. The van der Waals surface area contributed by atoms with Crippen molar-refractivity contribution in [3.8, 4) is 0 Å². The maximum absolute atomic E-state index is 12.9. The summed E-state index contributed by atoms with van der Waals surface area (Å²) >= 11 is 6.49. The fourth-order valence-electron chi connectivity index (χ4n) is 2.72. The summed E-state index contributed by atoms with van der Waals surface area (Å²) in [7, 11) is -3.88. The first kappa shape index (κ1) is 16.9. The summed E-state index contributed by atoms with van der Waals surface area (Å²) in [4.78, 5) is 11.7. The molecule has 1 unspecified atom stereocenters. The number of hydrogen-bond acceptors (Lipinski definition) is 3. The van der Waals surface area contributed by atoms with Gasteiger partial charge in [-0.3, -0.25) is 4.79 Å². The van der Waals surface area contributed by atoms with E-state index >= 15 is 0 Å². The van der Waals surface area contributed by atoms with Gasteiger partial charge >= 0.3 is 5.97 Å².